The molecule has 4 nitrogen and oxygen atoms in total. The molecular weight excluding hydrogens is 254 g/mol. The van der Waals surface area contributed by atoms with Gasteiger partial charge in [0, 0.05) is 12.1 Å². The second-order valence-corrected chi connectivity index (χ2v) is 5.87. The molecule has 2 aliphatic rings. The number of rotatable bonds is 3. The maximum atomic E-state index is 12.7. The summed E-state index contributed by atoms with van der Waals surface area (Å²) >= 11 is 0. The number of benzene rings is 1. The van der Waals surface area contributed by atoms with Crippen molar-refractivity contribution in [2.45, 2.75) is 44.1 Å². The van der Waals surface area contributed by atoms with Gasteiger partial charge in [0.2, 0.25) is 0 Å². The summed E-state index contributed by atoms with van der Waals surface area (Å²) in [6.45, 7) is 0.642. The van der Waals surface area contributed by atoms with Crippen molar-refractivity contribution in [3.63, 3.8) is 0 Å². The van der Waals surface area contributed by atoms with Gasteiger partial charge in [-0.15, -0.1) is 0 Å². The van der Waals surface area contributed by atoms with Crippen LogP contribution in [0.3, 0.4) is 0 Å². The van der Waals surface area contributed by atoms with Gasteiger partial charge in [0.1, 0.15) is 0 Å². The van der Waals surface area contributed by atoms with Gasteiger partial charge in [-0.25, -0.2) is 0 Å². The molecule has 4 heteroatoms. The van der Waals surface area contributed by atoms with Crippen LogP contribution in [-0.2, 0) is 11.2 Å². The first-order valence-corrected chi connectivity index (χ1v) is 7.24. The van der Waals surface area contributed by atoms with Crippen molar-refractivity contribution in [3.05, 3.63) is 35.4 Å². The van der Waals surface area contributed by atoms with Gasteiger partial charge >= 0.3 is 5.97 Å². The van der Waals surface area contributed by atoms with Gasteiger partial charge < -0.3 is 10.0 Å². The molecule has 1 aliphatic heterocycles. The zero-order valence-corrected chi connectivity index (χ0v) is 11.5. The average Bonchev–Trinajstić information content (AvgIpc) is 2.88. The summed E-state index contributed by atoms with van der Waals surface area (Å²) in [5, 5.41) is 9.21. The van der Waals surface area contributed by atoms with Gasteiger partial charge in [0.25, 0.3) is 5.91 Å². The number of carbonyl (C=O) groups excluding carboxylic acids is 1. The first-order valence-electron chi connectivity index (χ1n) is 7.24. The van der Waals surface area contributed by atoms with Crippen LogP contribution in [0, 0.1) is 0 Å². The van der Waals surface area contributed by atoms with Crippen molar-refractivity contribution in [3.8, 4) is 0 Å². The van der Waals surface area contributed by atoms with E-state index in [-0.39, 0.29) is 12.3 Å². The van der Waals surface area contributed by atoms with Crippen LogP contribution in [-0.4, -0.2) is 34.0 Å². The van der Waals surface area contributed by atoms with Crippen molar-refractivity contribution in [1.82, 2.24) is 4.90 Å². The highest BCUT2D eigenvalue weighted by Gasteiger charge is 2.45. The Hall–Kier alpha value is -1.84. The minimum Gasteiger partial charge on any atom is -0.481 e. The summed E-state index contributed by atoms with van der Waals surface area (Å²) < 4.78 is 0. The Kier molecular flexibility index (Phi) is 3.24. The van der Waals surface area contributed by atoms with Crippen LogP contribution in [0.15, 0.2) is 24.3 Å². The van der Waals surface area contributed by atoms with E-state index in [1.807, 2.05) is 29.2 Å². The fraction of sp³-hybridized carbons (Fsp3) is 0.500. The molecule has 0 bridgehead atoms. The van der Waals surface area contributed by atoms with Gasteiger partial charge in [-0.2, -0.15) is 0 Å². The van der Waals surface area contributed by atoms with E-state index in [0.717, 1.165) is 43.2 Å². The van der Waals surface area contributed by atoms with Crippen molar-refractivity contribution in [1.29, 1.82) is 0 Å². The third-order valence-corrected chi connectivity index (χ3v) is 4.68. The molecule has 1 N–H and O–H groups in total. The first-order chi connectivity index (χ1) is 9.62. The van der Waals surface area contributed by atoms with Crippen LogP contribution < -0.4 is 0 Å². The normalized spacial score (nSPS) is 20.8. The Labute approximate surface area is 118 Å². The van der Waals surface area contributed by atoms with E-state index in [4.69, 9.17) is 0 Å². The smallest absolute Gasteiger partial charge is 0.305 e. The Morgan fingerprint density at radius 3 is 2.65 bits per heavy atom. The molecule has 0 atom stereocenters. The number of nitrogens with zero attached hydrogens (tertiary/aromatic N) is 1. The van der Waals surface area contributed by atoms with Crippen LogP contribution in [0.1, 0.15) is 48.0 Å². The molecule has 20 heavy (non-hydrogen) atoms. The monoisotopic (exact) mass is 273 g/mol. The number of hydrogen-bond donors (Lipinski definition) is 1. The Balaban J connectivity index is 1.94. The number of carbonyl (C=O) groups is 2. The number of fused-ring (bicyclic) bond motifs is 1. The highest BCUT2D eigenvalue weighted by Crippen LogP contribution is 2.40. The minimum absolute atomic E-state index is 0.00926. The maximum absolute atomic E-state index is 12.7. The molecule has 1 saturated carbocycles. The van der Waals surface area contributed by atoms with Crippen molar-refractivity contribution in [2.24, 2.45) is 0 Å². The van der Waals surface area contributed by atoms with Crippen molar-refractivity contribution < 1.29 is 14.7 Å². The number of carboxylic acids is 1. The van der Waals surface area contributed by atoms with Crippen LogP contribution in [0.25, 0.3) is 0 Å². The zero-order valence-electron chi connectivity index (χ0n) is 11.5. The highest BCUT2D eigenvalue weighted by molar-refractivity contribution is 5.97. The lowest BCUT2D eigenvalue weighted by Crippen LogP contribution is -2.54. The van der Waals surface area contributed by atoms with Gasteiger partial charge in [-0.1, -0.05) is 31.0 Å². The molecule has 1 heterocycles. The van der Waals surface area contributed by atoms with Crippen LogP contribution in [0.5, 0.6) is 0 Å². The van der Waals surface area contributed by atoms with Crippen molar-refractivity contribution in [2.75, 3.05) is 6.54 Å². The van der Waals surface area contributed by atoms with Crippen LogP contribution in [0.4, 0.5) is 0 Å². The van der Waals surface area contributed by atoms with Crippen LogP contribution in [0.2, 0.25) is 0 Å². The van der Waals surface area contributed by atoms with Crippen LogP contribution >= 0.6 is 0 Å². The second kappa shape index (κ2) is 4.93. The van der Waals surface area contributed by atoms with Gasteiger partial charge in [0.05, 0.1) is 12.0 Å². The summed E-state index contributed by atoms with van der Waals surface area (Å²) in [6, 6.07) is 7.67. The fourth-order valence-corrected chi connectivity index (χ4v) is 3.74. The number of amides is 1. The molecule has 0 aromatic heterocycles. The molecule has 0 saturated heterocycles. The zero-order chi connectivity index (χ0) is 14.2. The third kappa shape index (κ3) is 2.09. The van der Waals surface area contributed by atoms with E-state index < -0.39 is 11.5 Å². The quantitative estimate of drug-likeness (QED) is 0.920. The van der Waals surface area contributed by atoms with Crippen molar-refractivity contribution >= 4 is 11.9 Å². The standard InChI is InChI=1S/C16H19NO3/c18-14(19)11-16(8-3-4-9-16)17-10-7-12-5-1-2-6-13(12)15(17)20/h1-2,5-6H,3-4,7-11H2,(H,18,19). The minimum atomic E-state index is -0.807. The Morgan fingerprint density at radius 1 is 1.25 bits per heavy atom. The number of aliphatic carboxylic acids is 1. The SMILES string of the molecule is O=C(O)CC1(N2CCc3ccccc3C2=O)CCCC1. The lowest BCUT2D eigenvalue weighted by Gasteiger charge is -2.43. The molecule has 1 aromatic carbocycles. The Bertz CT molecular complexity index is 546. The highest BCUT2D eigenvalue weighted by atomic mass is 16.4. The second-order valence-electron chi connectivity index (χ2n) is 5.87. The molecule has 1 amide bonds. The largest absolute Gasteiger partial charge is 0.481 e. The molecular formula is C16H19NO3. The summed E-state index contributed by atoms with van der Waals surface area (Å²) in [7, 11) is 0. The van der Waals surface area contributed by atoms with E-state index in [1.54, 1.807) is 0 Å². The predicted octanol–water partition coefficient (Wildman–Crippen LogP) is 2.47. The Morgan fingerprint density at radius 2 is 1.95 bits per heavy atom. The van der Waals surface area contributed by atoms with Gasteiger partial charge in [0.15, 0.2) is 0 Å². The average molecular weight is 273 g/mol. The number of carboxylic acid groups (broad SMARTS) is 1. The summed E-state index contributed by atoms with van der Waals surface area (Å²) in [4.78, 5) is 25.8. The lowest BCUT2D eigenvalue weighted by atomic mass is 9.87. The van der Waals surface area contributed by atoms with E-state index in [1.165, 1.54) is 0 Å². The maximum Gasteiger partial charge on any atom is 0.305 e. The molecule has 1 aliphatic carbocycles. The predicted molar refractivity (Wildman–Crippen MR) is 74.6 cm³/mol. The van der Waals surface area contributed by atoms with E-state index in [9.17, 15) is 14.7 Å². The van der Waals surface area contributed by atoms with E-state index >= 15 is 0 Å². The summed E-state index contributed by atoms with van der Waals surface area (Å²) in [6.07, 6.45) is 4.54. The number of hydrogen-bond acceptors (Lipinski definition) is 2. The topological polar surface area (TPSA) is 57.6 Å². The summed E-state index contributed by atoms with van der Waals surface area (Å²) in [5.41, 5.74) is 1.36. The lowest BCUT2D eigenvalue weighted by molar-refractivity contribution is -0.140. The molecule has 1 aromatic rings. The third-order valence-electron chi connectivity index (χ3n) is 4.68. The fourth-order valence-electron chi connectivity index (χ4n) is 3.74. The van der Waals surface area contributed by atoms with E-state index in [2.05, 4.69) is 0 Å². The van der Waals surface area contributed by atoms with E-state index in [0.29, 0.717) is 6.54 Å². The molecule has 0 radical (unpaired) electrons. The molecule has 0 unspecified atom stereocenters. The molecule has 1 fully saturated rings. The van der Waals surface area contributed by atoms with Gasteiger partial charge in [-0.3, -0.25) is 9.59 Å². The summed E-state index contributed by atoms with van der Waals surface area (Å²) in [5.74, 6) is -0.798. The first kappa shape index (κ1) is 13.2. The molecule has 3 rings (SSSR count). The molecule has 0 spiro atoms. The van der Waals surface area contributed by atoms with Gasteiger partial charge in [-0.05, 0) is 30.9 Å². The molecule has 106 valence electrons.